The highest BCUT2D eigenvalue weighted by atomic mass is 35.5. The summed E-state index contributed by atoms with van der Waals surface area (Å²) in [6.45, 7) is -0.0557. The highest BCUT2D eigenvalue weighted by molar-refractivity contribution is 6.32. The van der Waals surface area contributed by atoms with Crippen molar-refractivity contribution >= 4 is 23.2 Å². The normalized spacial score (nSPS) is 9.78. The van der Waals surface area contributed by atoms with Gasteiger partial charge in [-0.05, 0) is 12.1 Å². The largest absolute Gasteiger partial charge is 0.322 e. The van der Waals surface area contributed by atoms with Gasteiger partial charge in [-0.25, -0.2) is 14.6 Å². The number of hydrogen-bond donors (Lipinski definition) is 1. The minimum Gasteiger partial charge on any atom is -0.322 e. The van der Waals surface area contributed by atoms with Crippen LogP contribution in [0.25, 0.3) is 0 Å². The lowest BCUT2D eigenvalue weighted by atomic mass is 10.4. The SMILES string of the molecule is N#Cc1ncn(CC(=O)Nc2cccnc2Cl)n1. The molecule has 7 nitrogen and oxygen atoms in total. The maximum absolute atomic E-state index is 11.7. The number of amides is 1. The number of nitriles is 1. The van der Waals surface area contributed by atoms with Gasteiger partial charge in [0.2, 0.25) is 5.91 Å². The Morgan fingerprint density at radius 1 is 1.56 bits per heavy atom. The highest BCUT2D eigenvalue weighted by Gasteiger charge is 2.08. The predicted octanol–water partition coefficient (Wildman–Crippen LogP) is 0.837. The molecule has 18 heavy (non-hydrogen) atoms. The number of rotatable bonds is 3. The molecular weight excluding hydrogens is 256 g/mol. The Labute approximate surface area is 107 Å². The topological polar surface area (TPSA) is 96.5 Å². The van der Waals surface area contributed by atoms with Crippen molar-refractivity contribution in [1.29, 1.82) is 5.26 Å². The van der Waals surface area contributed by atoms with E-state index in [0.29, 0.717) is 5.69 Å². The van der Waals surface area contributed by atoms with E-state index in [1.54, 1.807) is 18.2 Å². The van der Waals surface area contributed by atoms with Crippen LogP contribution in [-0.4, -0.2) is 25.7 Å². The lowest BCUT2D eigenvalue weighted by Crippen LogP contribution is -2.19. The third kappa shape index (κ3) is 2.81. The van der Waals surface area contributed by atoms with Crippen molar-refractivity contribution in [2.45, 2.75) is 6.54 Å². The Morgan fingerprint density at radius 2 is 2.39 bits per heavy atom. The zero-order chi connectivity index (χ0) is 13.0. The van der Waals surface area contributed by atoms with Gasteiger partial charge < -0.3 is 5.32 Å². The fourth-order valence-corrected chi connectivity index (χ4v) is 1.40. The van der Waals surface area contributed by atoms with Crippen molar-refractivity contribution in [2.24, 2.45) is 0 Å². The second-order valence-corrected chi connectivity index (χ2v) is 3.63. The molecule has 0 radical (unpaired) electrons. The lowest BCUT2D eigenvalue weighted by Gasteiger charge is -2.05. The van der Waals surface area contributed by atoms with Crippen molar-refractivity contribution in [1.82, 2.24) is 19.7 Å². The van der Waals surface area contributed by atoms with Crippen molar-refractivity contribution in [3.63, 3.8) is 0 Å². The number of hydrogen-bond acceptors (Lipinski definition) is 5. The second-order valence-electron chi connectivity index (χ2n) is 3.27. The first-order chi connectivity index (χ1) is 8.69. The van der Waals surface area contributed by atoms with E-state index in [9.17, 15) is 4.79 Å². The van der Waals surface area contributed by atoms with Gasteiger partial charge in [0, 0.05) is 6.20 Å². The van der Waals surface area contributed by atoms with E-state index in [4.69, 9.17) is 16.9 Å². The molecule has 2 heterocycles. The van der Waals surface area contributed by atoms with Gasteiger partial charge in [0.1, 0.15) is 18.9 Å². The molecule has 0 spiro atoms. The molecule has 0 fully saturated rings. The maximum Gasteiger partial charge on any atom is 0.252 e. The molecule has 2 aromatic heterocycles. The standard InChI is InChI=1S/C10H7ClN6O/c11-10-7(2-1-3-13-10)15-9(18)5-17-6-14-8(4-12)16-17/h1-3,6H,5H2,(H,15,18). The van der Waals surface area contributed by atoms with Crippen LogP contribution < -0.4 is 5.32 Å². The number of carbonyl (C=O) groups is 1. The van der Waals surface area contributed by atoms with Crippen LogP contribution in [0, 0.1) is 11.3 Å². The van der Waals surface area contributed by atoms with Crippen LogP contribution in [0.5, 0.6) is 0 Å². The molecule has 0 aliphatic heterocycles. The molecule has 2 aromatic rings. The molecule has 1 amide bonds. The number of nitrogens with one attached hydrogen (secondary N) is 1. The fraction of sp³-hybridized carbons (Fsp3) is 0.100. The summed E-state index contributed by atoms with van der Waals surface area (Å²) in [6, 6.07) is 5.07. The van der Waals surface area contributed by atoms with Crippen molar-refractivity contribution in [3.05, 3.63) is 35.6 Å². The van der Waals surface area contributed by atoms with Crippen LogP contribution in [0.1, 0.15) is 5.82 Å². The molecule has 1 N–H and O–H groups in total. The molecule has 0 saturated heterocycles. The summed E-state index contributed by atoms with van der Waals surface area (Å²) in [6.07, 6.45) is 2.83. The third-order valence-corrected chi connectivity index (χ3v) is 2.28. The number of halogens is 1. The molecule has 0 bridgehead atoms. The molecule has 2 rings (SSSR count). The van der Waals surface area contributed by atoms with E-state index in [1.807, 2.05) is 0 Å². The second kappa shape index (κ2) is 5.25. The van der Waals surface area contributed by atoms with Gasteiger partial charge in [0.15, 0.2) is 5.15 Å². The summed E-state index contributed by atoms with van der Waals surface area (Å²) in [5.41, 5.74) is 0.421. The minimum atomic E-state index is -0.334. The van der Waals surface area contributed by atoms with E-state index in [-0.39, 0.29) is 23.4 Å². The van der Waals surface area contributed by atoms with Crippen LogP contribution in [0.15, 0.2) is 24.7 Å². The van der Waals surface area contributed by atoms with Crippen molar-refractivity contribution < 1.29 is 4.79 Å². The van der Waals surface area contributed by atoms with Gasteiger partial charge >= 0.3 is 0 Å². The molecule has 0 saturated carbocycles. The number of anilines is 1. The van der Waals surface area contributed by atoms with E-state index in [1.165, 1.54) is 17.2 Å². The Morgan fingerprint density at radius 3 is 3.06 bits per heavy atom. The van der Waals surface area contributed by atoms with Gasteiger partial charge in [-0.15, -0.1) is 5.10 Å². The quantitative estimate of drug-likeness (QED) is 0.827. The highest BCUT2D eigenvalue weighted by Crippen LogP contribution is 2.17. The third-order valence-electron chi connectivity index (χ3n) is 1.98. The van der Waals surface area contributed by atoms with Gasteiger partial charge in [-0.1, -0.05) is 11.6 Å². The van der Waals surface area contributed by atoms with Crippen LogP contribution in [0.3, 0.4) is 0 Å². The van der Waals surface area contributed by atoms with Gasteiger partial charge in [-0.2, -0.15) is 5.26 Å². The predicted molar refractivity (Wildman–Crippen MR) is 62.6 cm³/mol. The summed E-state index contributed by atoms with van der Waals surface area (Å²) < 4.78 is 1.26. The Hall–Kier alpha value is -2.46. The molecule has 0 atom stereocenters. The first-order valence-electron chi connectivity index (χ1n) is 4.89. The first kappa shape index (κ1) is 12.0. The summed E-state index contributed by atoms with van der Waals surface area (Å²) in [7, 11) is 0. The molecule has 0 unspecified atom stereocenters. The smallest absolute Gasteiger partial charge is 0.252 e. The summed E-state index contributed by atoms with van der Waals surface area (Å²) in [5, 5.41) is 15.1. The average Bonchev–Trinajstić information content (AvgIpc) is 2.80. The van der Waals surface area contributed by atoms with Gasteiger partial charge in [0.25, 0.3) is 5.82 Å². The molecular formula is C10H7ClN6O. The molecule has 0 aliphatic carbocycles. The van der Waals surface area contributed by atoms with E-state index in [2.05, 4.69) is 20.4 Å². The van der Waals surface area contributed by atoms with E-state index >= 15 is 0 Å². The summed E-state index contributed by atoms with van der Waals surface area (Å²) in [5.74, 6) is -0.318. The summed E-state index contributed by atoms with van der Waals surface area (Å²) in [4.78, 5) is 19.2. The molecule has 0 aromatic carbocycles. The average molecular weight is 263 g/mol. The lowest BCUT2D eigenvalue weighted by molar-refractivity contribution is -0.116. The number of aromatic nitrogens is 4. The number of pyridine rings is 1. The van der Waals surface area contributed by atoms with Crippen LogP contribution in [0.2, 0.25) is 5.15 Å². The summed E-state index contributed by atoms with van der Waals surface area (Å²) >= 11 is 5.79. The van der Waals surface area contributed by atoms with E-state index < -0.39 is 0 Å². The fourth-order valence-electron chi connectivity index (χ4n) is 1.24. The Bertz CT molecular complexity index is 617. The van der Waals surface area contributed by atoms with E-state index in [0.717, 1.165) is 0 Å². The van der Waals surface area contributed by atoms with Crippen LogP contribution in [0.4, 0.5) is 5.69 Å². The Balaban J connectivity index is 2.01. The molecule has 8 heteroatoms. The zero-order valence-corrected chi connectivity index (χ0v) is 9.79. The molecule has 90 valence electrons. The number of carbonyl (C=O) groups excluding carboxylic acids is 1. The zero-order valence-electron chi connectivity index (χ0n) is 9.04. The van der Waals surface area contributed by atoms with Gasteiger partial charge in [0.05, 0.1) is 5.69 Å². The maximum atomic E-state index is 11.7. The van der Waals surface area contributed by atoms with Crippen LogP contribution in [-0.2, 0) is 11.3 Å². The van der Waals surface area contributed by atoms with Crippen LogP contribution >= 0.6 is 11.6 Å². The monoisotopic (exact) mass is 262 g/mol. The van der Waals surface area contributed by atoms with Gasteiger partial charge in [-0.3, -0.25) is 4.79 Å². The first-order valence-corrected chi connectivity index (χ1v) is 5.27. The number of nitrogens with zero attached hydrogens (tertiary/aromatic N) is 5. The Kier molecular flexibility index (Phi) is 3.50. The van der Waals surface area contributed by atoms with Crippen molar-refractivity contribution in [2.75, 3.05) is 5.32 Å². The van der Waals surface area contributed by atoms with Crippen molar-refractivity contribution in [3.8, 4) is 6.07 Å². The minimum absolute atomic E-state index is 0.0159. The molecule has 0 aliphatic rings.